The Morgan fingerprint density at radius 2 is 2.11 bits per heavy atom. The SMILES string of the molecule is CCNC(CCOCCC1CCC1)C(=O)OCC. The Balaban J connectivity index is 2.06. The van der Waals surface area contributed by atoms with Gasteiger partial charge in [-0.05, 0) is 32.2 Å². The zero-order chi connectivity index (χ0) is 13.2. The van der Waals surface area contributed by atoms with Crippen LogP contribution in [0.15, 0.2) is 0 Å². The van der Waals surface area contributed by atoms with E-state index in [2.05, 4.69) is 5.32 Å². The van der Waals surface area contributed by atoms with Gasteiger partial charge in [-0.25, -0.2) is 0 Å². The Hall–Kier alpha value is -0.610. The van der Waals surface area contributed by atoms with Gasteiger partial charge in [-0.2, -0.15) is 0 Å². The number of carbonyl (C=O) groups is 1. The fraction of sp³-hybridized carbons (Fsp3) is 0.929. The van der Waals surface area contributed by atoms with Crippen LogP contribution in [-0.2, 0) is 14.3 Å². The average Bonchev–Trinajstić information content (AvgIpc) is 2.30. The van der Waals surface area contributed by atoms with Gasteiger partial charge in [-0.1, -0.05) is 26.2 Å². The summed E-state index contributed by atoms with van der Waals surface area (Å²) in [6, 6.07) is -0.223. The monoisotopic (exact) mass is 257 g/mol. The summed E-state index contributed by atoms with van der Waals surface area (Å²) >= 11 is 0. The summed E-state index contributed by atoms with van der Waals surface area (Å²) < 4.78 is 10.6. The summed E-state index contributed by atoms with van der Waals surface area (Å²) in [4.78, 5) is 11.6. The highest BCUT2D eigenvalue weighted by Gasteiger charge is 2.19. The van der Waals surface area contributed by atoms with Crippen LogP contribution in [0, 0.1) is 5.92 Å². The first-order chi connectivity index (χ1) is 8.77. The number of esters is 1. The predicted octanol–water partition coefficient (Wildman–Crippen LogP) is 2.12. The first kappa shape index (κ1) is 15.4. The Bertz CT molecular complexity index is 229. The van der Waals surface area contributed by atoms with Crippen molar-refractivity contribution >= 4 is 5.97 Å². The highest BCUT2D eigenvalue weighted by Crippen LogP contribution is 2.29. The van der Waals surface area contributed by atoms with E-state index in [0.29, 0.717) is 19.6 Å². The molecule has 1 fully saturated rings. The highest BCUT2D eigenvalue weighted by atomic mass is 16.5. The molecule has 0 aromatic rings. The first-order valence-corrected chi connectivity index (χ1v) is 7.25. The molecule has 0 aliphatic heterocycles. The Labute approximate surface area is 110 Å². The molecule has 1 N–H and O–H groups in total. The van der Waals surface area contributed by atoms with E-state index in [1.54, 1.807) is 0 Å². The lowest BCUT2D eigenvalue weighted by molar-refractivity contribution is -0.146. The number of hydrogen-bond acceptors (Lipinski definition) is 4. The van der Waals surface area contributed by atoms with Gasteiger partial charge in [0.15, 0.2) is 0 Å². The minimum Gasteiger partial charge on any atom is -0.465 e. The van der Waals surface area contributed by atoms with Crippen molar-refractivity contribution in [3.8, 4) is 0 Å². The molecule has 0 aromatic carbocycles. The van der Waals surface area contributed by atoms with E-state index in [4.69, 9.17) is 9.47 Å². The summed E-state index contributed by atoms with van der Waals surface area (Å²) in [5.41, 5.74) is 0. The van der Waals surface area contributed by atoms with Crippen molar-refractivity contribution in [1.29, 1.82) is 0 Å². The topological polar surface area (TPSA) is 47.6 Å². The number of hydrogen-bond donors (Lipinski definition) is 1. The number of carbonyl (C=O) groups excluding carboxylic acids is 1. The second kappa shape index (κ2) is 9.34. The third-order valence-electron chi connectivity index (χ3n) is 3.47. The van der Waals surface area contributed by atoms with Crippen LogP contribution in [0.2, 0.25) is 0 Å². The van der Waals surface area contributed by atoms with E-state index in [-0.39, 0.29) is 12.0 Å². The molecule has 1 aliphatic rings. The number of likely N-dealkylation sites (N-methyl/N-ethyl adjacent to an activating group) is 1. The van der Waals surface area contributed by atoms with Crippen LogP contribution in [-0.4, -0.2) is 38.4 Å². The molecule has 18 heavy (non-hydrogen) atoms. The second-order valence-corrected chi connectivity index (χ2v) is 4.85. The Morgan fingerprint density at radius 3 is 2.67 bits per heavy atom. The van der Waals surface area contributed by atoms with Gasteiger partial charge in [-0.3, -0.25) is 4.79 Å². The third-order valence-corrected chi connectivity index (χ3v) is 3.47. The molecule has 1 rings (SSSR count). The Morgan fingerprint density at radius 1 is 1.33 bits per heavy atom. The first-order valence-electron chi connectivity index (χ1n) is 7.25. The van der Waals surface area contributed by atoms with Gasteiger partial charge in [0, 0.05) is 13.2 Å². The van der Waals surface area contributed by atoms with Crippen molar-refractivity contribution in [2.75, 3.05) is 26.4 Å². The molecule has 0 amide bonds. The molecule has 0 radical (unpaired) electrons. The average molecular weight is 257 g/mol. The van der Waals surface area contributed by atoms with Gasteiger partial charge in [-0.15, -0.1) is 0 Å². The van der Waals surface area contributed by atoms with Crippen molar-refractivity contribution in [3.05, 3.63) is 0 Å². The van der Waals surface area contributed by atoms with E-state index >= 15 is 0 Å². The molecular formula is C14H27NO3. The van der Waals surface area contributed by atoms with Crippen LogP contribution in [0.3, 0.4) is 0 Å². The summed E-state index contributed by atoms with van der Waals surface area (Å²) in [6.45, 7) is 6.48. The maximum Gasteiger partial charge on any atom is 0.323 e. The molecular weight excluding hydrogens is 230 g/mol. The summed E-state index contributed by atoms with van der Waals surface area (Å²) in [6.07, 6.45) is 5.98. The third kappa shape index (κ3) is 5.83. The maximum atomic E-state index is 11.6. The predicted molar refractivity (Wildman–Crippen MR) is 71.5 cm³/mol. The van der Waals surface area contributed by atoms with Crippen molar-refractivity contribution < 1.29 is 14.3 Å². The smallest absolute Gasteiger partial charge is 0.323 e. The quantitative estimate of drug-likeness (QED) is 0.481. The zero-order valence-corrected chi connectivity index (χ0v) is 11.7. The molecule has 4 heteroatoms. The molecule has 1 atom stereocenters. The molecule has 0 spiro atoms. The standard InChI is InChI=1S/C14H27NO3/c1-3-15-13(14(16)18-4-2)9-11-17-10-8-12-6-5-7-12/h12-13,15H,3-11H2,1-2H3. The van der Waals surface area contributed by atoms with Crippen molar-refractivity contribution in [2.24, 2.45) is 5.92 Å². The summed E-state index contributed by atoms with van der Waals surface area (Å²) in [5, 5.41) is 3.13. The molecule has 1 aliphatic carbocycles. The van der Waals surface area contributed by atoms with E-state index in [0.717, 1.165) is 19.1 Å². The molecule has 4 nitrogen and oxygen atoms in total. The van der Waals surface area contributed by atoms with Gasteiger partial charge in [0.05, 0.1) is 6.61 Å². The molecule has 106 valence electrons. The van der Waals surface area contributed by atoms with Crippen LogP contribution >= 0.6 is 0 Å². The number of nitrogens with one attached hydrogen (secondary N) is 1. The largest absolute Gasteiger partial charge is 0.465 e. The van der Waals surface area contributed by atoms with Crippen molar-refractivity contribution in [2.45, 2.75) is 52.0 Å². The van der Waals surface area contributed by atoms with E-state index < -0.39 is 0 Å². The molecule has 1 saturated carbocycles. The van der Waals surface area contributed by atoms with Crippen molar-refractivity contribution in [3.63, 3.8) is 0 Å². The maximum absolute atomic E-state index is 11.6. The zero-order valence-electron chi connectivity index (χ0n) is 11.7. The molecule has 0 aromatic heterocycles. The van der Waals surface area contributed by atoms with E-state index in [1.807, 2.05) is 13.8 Å². The Kier molecular flexibility index (Phi) is 8.01. The molecule has 0 bridgehead atoms. The molecule has 1 unspecified atom stereocenters. The van der Waals surface area contributed by atoms with E-state index in [9.17, 15) is 4.79 Å². The van der Waals surface area contributed by atoms with Crippen LogP contribution in [0.1, 0.15) is 46.0 Å². The second-order valence-electron chi connectivity index (χ2n) is 4.85. The van der Waals surface area contributed by atoms with Crippen LogP contribution < -0.4 is 5.32 Å². The fourth-order valence-electron chi connectivity index (χ4n) is 2.13. The normalized spacial score (nSPS) is 17.2. The lowest BCUT2D eigenvalue weighted by Gasteiger charge is -2.25. The fourth-order valence-corrected chi connectivity index (χ4v) is 2.13. The van der Waals surface area contributed by atoms with Crippen molar-refractivity contribution in [1.82, 2.24) is 5.32 Å². The highest BCUT2D eigenvalue weighted by molar-refractivity contribution is 5.75. The molecule has 0 saturated heterocycles. The van der Waals surface area contributed by atoms with Gasteiger partial charge >= 0.3 is 5.97 Å². The minimum absolute atomic E-state index is 0.165. The van der Waals surface area contributed by atoms with Gasteiger partial charge in [0.1, 0.15) is 6.04 Å². The van der Waals surface area contributed by atoms with E-state index in [1.165, 1.54) is 25.7 Å². The molecule has 0 heterocycles. The van der Waals surface area contributed by atoms with Crippen LogP contribution in [0.25, 0.3) is 0 Å². The summed E-state index contributed by atoms with van der Waals surface area (Å²) in [7, 11) is 0. The summed E-state index contributed by atoms with van der Waals surface area (Å²) in [5.74, 6) is 0.724. The number of rotatable bonds is 10. The van der Waals surface area contributed by atoms with Gasteiger partial charge in [0.25, 0.3) is 0 Å². The van der Waals surface area contributed by atoms with Gasteiger partial charge in [0.2, 0.25) is 0 Å². The minimum atomic E-state index is -0.223. The number of ether oxygens (including phenoxy) is 2. The lowest BCUT2D eigenvalue weighted by atomic mass is 9.83. The lowest BCUT2D eigenvalue weighted by Crippen LogP contribution is -2.39. The van der Waals surface area contributed by atoms with Gasteiger partial charge < -0.3 is 14.8 Å². The van der Waals surface area contributed by atoms with Crippen LogP contribution in [0.5, 0.6) is 0 Å². The van der Waals surface area contributed by atoms with Crippen LogP contribution in [0.4, 0.5) is 0 Å².